The average molecular weight is 378 g/mol. The fraction of sp³-hybridized carbons (Fsp3) is 0.421. The third-order valence-corrected chi connectivity index (χ3v) is 5.64. The van der Waals surface area contributed by atoms with Gasteiger partial charge < -0.3 is 9.80 Å². The first-order valence-electron chi connectivity index (χ1n) is 9.53. The molecule has 9 nitrogen and oxygen atoms in total. The van der Waals surface area contributed by atoms with E-state index in [1.54, 1.807) is 42.3 Å². The molecule has 2 aliphatic heterocycles. The van der Waals surface area contributed by atoms with Crippen LogP contribution in [-0.2, 0) is 7.05 Å². The Kier molecular flexibility index (Phi) is 4.16. The number of anilines is 2. The molecule has 3 aromatic rings. The highest BCUT2D eigenvalue weighted by Crippen LogP contribution is 2.23. The van der Waals surface area contributed by atoms with Crippen LogP contribution < -0.4 is 15.4 Å². The van der Waals surface area contributed by atoms with E-state index in [-0.39, 0.29) is 5.56 Å². The van der Waals surface area contributed by atoms with Gasteiger partial charge in [-0.3, -0.25) is 14.3 Å². The van der Waals surface area contributed by atoms with Crippen LogP contribution in [-0.4, -0.2) is 74.7 Å². The molecule has 2 saturated heterocycles. The molecule has 0 atom stereocenters. The van der Waals surface area contributed by atoms with Gasteiger partial charge in [0, 0.05) is 70.9 Å². The Morgan fingerprint density at radius 3 is 2.39 bits per heavy atom. The summed E-state index contributed by atoms with van der Waals surface area (Å²) in [6.45, 7) is 5.58. The third-order valence-electron chi connectivity index (χ3n) is 5.64. The Balaban J connectivity index is 1.24. The van der Waals surface area contributed by atoms with Crippen LogP contribution in [0.1, 0.15) is 0 Å². The summed E-state index contributed by atoms with van der Waals surface area (Å²) in [5.74, 6) is 1.50. The van der Waals surface area contributed by atoms with Gasteiger partial charge in [-0.05, 0) is 18.2 Å². The smallest absolute Gasteiger partial charge is 0.264 e. The Hall–Kier alpha value is -3.07. The summed E-state index contributed by atoms with van der Waals surface area (Å²) in [5, 5.41) is 0.560. The highest BCUT2D eigenvalue weighted by molar-refractivity contribution is 5.74. The van der Waals surface area contributed by atoms with Crippen molar-refractivity contribution in [2.24, 2.45) is 7.05 Å². The molecule has 0 bridgehead atoms. The van der Waals surface area contributed by atoms with Gasteiger partial charge in [0.2, 0.25) is 11.9 Å². The second-order valence-corrected chi connectivity index (χ2v) is 7.28. The minimum Gasteiger partial charge on any atom is -0.339 e. The first-order chi connectivity index (χ1) is 13.7. The molecule has 2 fully saturated rings. The Labute approximate surface area is 162 Å². The number of piperazine rings is 1. The lowest BCUT2D eigenvalue weighted by Gasteiger charge is -2.48. The fourth-order valence-corrected chi connectivity index (χ4v) is 3.97. The van der Waals surface area contributed by atoms with Crippen molar-refractivity contribution < 1.29 is 0 Å². The van der Waals surface area contributed by atoms with Crippen molar-refractivity contribution in [3.63, 3.8) is 0 Å². The highest BCUT2D eigenvalue weighted by atomic mass is 16.1. The van der Waals surface area contributed by atoms with Crippen molar-refractivity contribution >= 4 is 22.9 Å². The maximum Gasteiger partial charge on any atom is 0.264 e. The van der Waals surface area contributed by atoms with Crippen LogP contribution in [0.4, 0.5) is 11.9 Å². The quantitative estimate of drug-likeness (QED) is 0.636. The average Bonchev–Trinajstić information content (AvgIpc) is 2.72. The number of hydrogen-bond acceptors (Lipinski definition) is 8. The molecule has 0 saturated carbocycles. The number of pyridine rings is 1. The van der Waals surface area contributed by atoms with Crippen molar-refractivity contribution in [2.75, 3.05) is 49.1 Å². The molecule has 28 heavy (non-hydrogen) atoms. The van der Waals surface area contributed by atoms with E-state index in [2.05, 4.69) is 34.6 Å². The van der Waals surface area contributed by atoms with Gasteiger partial charge in [0.05, 0.1) is 5.39 Å². The van der Waals surface area contributed by atoms with Crippen molar-refractivity contribution in [3.05, 3.63) is 47.1 Å². The van der Waals surface area contributed by atoms with Gasteiger partial charge in [-0.25, -0.2) is 15.0 Å². The lowest BCUT2D eigenvalue weighted by Crippen LogP contribution is -2.64. The molecule has 0 unspecified atom stereocenters. The van der Waals surface area contributed by atoms with Crippen LogP contribution in [0.25, 0.3) is 11.0 Å². The Morgan fingerprint density at radius 1 is 0.929 bits per heavy atom. The van der Waals surface area contributed by atoms with Gasteiger partial charge in [0.15, 0.2) is 5.65 Å². The Bertz CT molecular complexity index is 1040. The minimum absolute atomic E-state index is 0.0481. The van der Waals surface area contributed by atoms with E-state index in [9.17, 15) is 4.79 Å². The van der Waals surface area contributed by atoms with Crippen LogP contribution in [0.2, 0.25) is 0 Å². The number of aromatic nitrogens is 5. The Morgan fingerprint density at radius 2 is 1.64 bits per heavy atom. The zero-order valence-corrected chi connectivity index (χ0v) is 15.8. The van der Waals surface area contributed by atoms with Gasteiger partial charge >= 0.3 is 0 Å². The molecule has 9 heteroatoms. The first kappa shape index (κ1) is 17.1. The molecule has 0 radical (unpaired) electrons. The van der Waals surface area contributed by atoms with E-state index < -0.39 is 0 Å². The van der Waals surface area contributed by atoms with Gasteiger partial charge in [-0.2, -0.15) is 4.98 Å². The molecule has 2 aliphatic rings. The molecule has 144 valence electrons. The molecule has 3 aromatic heterocycles. The van der Waals surface area contributed by atoms with Gasteiger partial charge in [0.25, 0.3) is 5.56 Å². The largest absolute Gasteiger partial charge is 0.339 e. The maximum absolute atomic E-state index is 12.6. The van der Waals surface area contributed by atoms with Crippen LogP contribution in [0.5, 0.6) is 0 Å². The molecular weight excluding hydrogens is 356 g/mol. The lowest BCUT2D eigenvalue weighted by atomic mass is 10.1. The molecule has 5 rings (SSSR count). The molecule has 0 aromatic carbocycles. The number of fused-ring (bicyclic) bond motifs is 1. The second-order valence-electron chi connectivity index (χ2n) is 7.28. The fourth-order valence-electron chi connectivity index (χ4n) is 3.97. The lowest BCUT2D eigenvalue weighted by molar-refractivity contribution is 0.155. The van der Waals surface area contributed by atoms with Crippen molar-refractivity contribution in [3.8, 4) is 0 Å². The zero-order chi connectivity index (χ0) is 19.1. The predicted molar refractivity (Wildman–Crippen MR) is 107 cm³/mol. The number of nitrogens with zero attached hydrogens (tertiary/aromatic N) is 8. The predicted octanol–water partition coefficient (Wildman–Crippen LogP) is 0.129. The van der Waals surface area contributed by atoms with E-state index in [0.29, 0.717) is 23.0 Å². The summed E-state index contributed by atoms with van der Waals surface area (Å²) in [7, 11) is 1.78. The van der Waals surface area contributed by atoms with Crippen LogP contribution >= 0.6 is 0 Å². The van der Waals surface area contributed by atoms with Crippen LogP contribution in [0.15, 0.2) is 41.6 Å². The van der Waals surface area contributed by atoms with Gasteiger partial charge in [0.1, 0.15) is 0 Å². The molecule has 0 aliphatic carbocycles. The topological polar surface area (TPSA) is 83.3 Å². The normalized spacial score (nSPS) is 18.5. The summed E-state index contributed by atoms with van der Waals surface area (Å²) < 4.78 is 1.63. The molecule has 0 N–H and O–H groups in total. The van der Waals surface area contributed by atoms with E-state index in [1.807, 2.05) is 6.07 Å². The first-order valence-corrected chi connectivity index (χ1v) is 9.53. The zero-order valence-electron chi connectivity index (χ0n) is 15.8. The molecule has 5 heterocycles. The van der Waals surface area contributed by atoms with E-state index in [4.69, 9.17) is 0 Å². The van der Waals surface area contributed by atoms with Crippen molar-refractivity contribution in [2.45, 2.75) is 6.04 Å². The molecule has 0 amide bonds. The SMILES string of the molecule is Cn1c(N2CC(N3CCN(c4ncccn4)CC3)C2)nc2ncccc2c1=O. The van der Waals surface area contributed by atoms with E-state index >= 15 is 0 Å². The third kappa shape index (κ3) is 2.88. The summed E-state index contributed by atoms with van der Waals surface area (Å²) in [6, 6.07) is 5.86. The van der Waals surface area contributed by atoms with Crippen molar-refractivity contribution in [1.82, 2.24) is 29.4 Å². The van der Waals surface area contributed by atoms with E-state index in [1.165, 1.54) is 0 Å². The standard InChI is InChI=1S/C19H22N8O/c1-24-17(28)15-4-2-5-20-16(15)23-19(24)27-12-14(13-27)25-8-10-26(11-9-25)18-21-6-3-7-22-18/h2-7,14H,8-13H2,1H3. The summed E-state index contributed by atoms with van der Waals surface area (Å²) in [4.78, 5) is 37.0. The maximum atomic E-state index is 12.6. The summed E-state index contributed by atoms with van der Waals surface area (Å²) >= 11 is 0. The molecule has 0 spiro atoms. The van der Waals surface area contributed by atoms with Crippen LogP contribution in [0, 0.1) is 0 Å². The van der Waals surface area contributed by atoms with Gasteiger partial charge in [-0.15, -0.1) is 0 Å². The number of hydrogen-bond donors (Lipinski definition) is 0. The number of rotatable bonds is 3. The van der Waals surface area contributed by atoms with Crippen LogP contribution in [0.3, 0.4) is 0 Å². The summed E-state index contributed by atoms with van der Waals surface area (Å²) in [5.41, 5.74) is 0.466. The van der Waals surface area contributed by atoms with E-state index in [0.717, 1.165) is 45.2 Å². The minimum atomic E-state index is -0.0481. The highest BCUT2D eigenvalue weighted by Gasteiger charge is 2.35. The summed E-state index contributed by atoms with van der Waals surface area (Å²) in [6.07, 6.45) is 5.25. The van der Waals surface area contributed by atoms with Crippen molar-refractivity contribution in [1.29, 1.82) is 0 Å². The molecular formula is C19H22N8O. The second kappa shape index (κ2) is 6.83. The van der Waals surface area contributed by atoms with Gasteiger partial charge in [-0.1, -0.05) is 0 Å². The monoisotopic (exact) mass is 378 g/mol.